The molecule has 0 fully saturated rings. The molecule has 0 unspecified atom stereocenters. The van der Waals surface area contributed by atoms with Gasteiger partial charge in [0.1, 0.15) is 5.01 Å². The van der Waals surface area contributed by atoms with Crippen LogP contribution in [0.5, 0.6) is 0 Å². The van der Waals surface area contributed by atoms with E-state index in [0.717, 1.165) is 15.2 Å². The van der Waals surface area contributed by atoms with E-state index in [9.17, 15) is 4.79 Å². The van der Waals surface area contributed by atoms with Gasteiger partial charge in [-0.2, -0.15) is 5.26 Å². The Balaban J connectivity index is 1.76. The van der Waals surface area contributed by atoms with E-state index in [-0.39, 0.29) is 0 Å². The van der Waals surface area contributed by atoms with Crippen molar-refractivity contribution in [3.8, 4) is 6.07 Å². The molecule has 1 heterocycles. The van der Waals surface area contributed by atoms with Gasteiger partial charge in [-0.05, 0) is 43.3 Å². The third-order valence-electron chi connectivity index (χ3n) is 3.19. The van der Waals surface area contributed by atoms with Crippen molar-refractivity contribution in [1.82, 2.24) is 4.98 Å². The smallest absolute Gasteiger partial charge is 0.338 e. The van der Waals surface area contributed by atoms with Crippen molar-refractivity contribution in [2.24, 2.45) is 0 Å². The van der Waals surface area contributed by atoms with E-state index < -0.39 is 12.1 Å². The van der Waals surface area contributed by atoms with Gasteiger partial charge in [-0.3, -0.25) is 0 Å². The zero-order valence-electron chi connectivity index (χ0n) is 11.8. The van der Waals surface area contributed by atoms with Crippen molar-refractivity contribution in [2.75, 3.05) is 0 Å². The van der Waals surface area contributed by atoms with Crippen molar-refractivity contribution in [3.05, 3.63) is 64.7 Å². The van der Waals surface area contributed by atoms with Gasteiger partial charge >= 0.3 is 5.97 Å². The molecule has 0 saturated heterocycles. The molecule has 2 aromatic carbocycles. The Morgan fingerprint density at radius 3 is 2.64 bits per heavy atom. The molecule has 4 nitrogen and oxygen atoms in total. The number of fused-ring (bicyclic) bond motifs is 1. The lowest BCUT2D eigenvalue weighted by Crippen LogP contribution is -2.09. The number of benzene rings is 2. The predicted molar refractivity (Wildman–Crippen MR) is 84.6 cm³/mol. The van der Waals surface area contributed by atoms with Crippen molar-refractivity contribution < 1.29 is 9.53 Å². The highest BCUT2D eigenvalue weighted by molar-refractivity contribution is 7.18. The zero-order valence-corrected chi connectivity index (χ0v) is 12.6. The number of nitrogens with zero attached hydrogens (tertiary/aromatic N) is 2. The number of thiazole rings is 1. The van der Waals surface area contributed by atoms with Gasteiger partial charge < -0.3 is 4.74 Å². The lowest BCUT2D eigenvalue weighted by atomic mass is 10.1. The molecule has 108 valence electrons. The highest BCUT2D eigenvalue weighted by atomic mass is 32.1. The second-order valence-corrected chi connectivity index (χ2v) is 5.82. The van der Waals surface area contributed by atoms with Crippen molar-refractivity contribution in [3.63, 3.8) is 0 Å². The highest BCUT2D eigenvalue weighted by Crippen LogP contribution is 2.28. The minimum Gasteiger partial charge on any atom is -0.452 e. The topological polar surface area (TPSA) is 63.0 Å². The van der Waals surface area contributed by atoms with Crippen molar-refractivity contribution in [2.45, 2.75) is 13.0 Å². The van der Waals surface area contributed by atoms with Gasteiger partial charge in [0.25, 0.3) is 0 Å². The molecule has 0 bridgehead atoms. The summed E-state index contributed by atoms with van der Waals surface area (Å²) in [4.78, 5) is 16.6. The van der Waals surface area contributed by atoms with Gasteiger partial charge in [0, 0.05) is 0 Å². The van der Waals surface area contributed by atoms with Crippen LogP contribution in [0.3, 0.4) is 0 Å². The van der Waals surface area contributed by atoms with E-state index >= 15 is 0 Å². The summed E-state index contributed by atoms with van der Waals surface area (Å²) in [5.74, 6) is -0.420. The number of rotatable bonds is 3. The second kappa shape index (κ2) is 5.96. The van der Waals surface area contributed by atoms with E-state index in [2.05, 4.69) is 4.98 Å². The molecule has 3 aromatic rings. The number of hydrogen-bond acceptors (Lipinski definition) is 5. The number of carbonyl (C=O) groups excluding carboxylic acids is 1. The number of para-hydroxylation sites is 1. The molecule has 0 radical (unpaired) electrons. The maximum absolute atomic E-state index is 12.1. The van der Waals surface area contributed by atoms with Crippen molar-refractivity contribution in [1.29, 1.82) is 5.26 Å². The van der Waals surface area contributed by atoms with Crippen LogP contribution >= 0.6 is 11.3 Å². The highest BCUT2D eigenvalue weighted by Gasteiger charge is 2.17. The van der Waals surface area contributed by atoms with E-state index in [4.69, 9.17) is 10.00 Å². The number of hydrogen-bond donors (Lipinski definition) is 0. The second-order valence-electron chi connectivity index (χ2n) is 4.76. The van der Waals surface area contributed by atoms with Crippen LogP contribution in [-0.4, -0.2) is 11.0 Å². The van der Waals surface area contributed by atoms with Gasteiger partial charge in [0.15, 0.2) is 6.10 Å². The minimum atomic E-state index is -0.420. The van der Waals surface area contributed by atoms with Crippen LogP contribution in [0.4, 0.5) is 0 Å². The van der Waals surface area contributed by atoms with Gasteiger partial charge in [-0.25, -0.2) is 9.78 Å². The molecule has 5 heteroatoms. The van der Waals surface area contributed by atoms with Gasteiger partial charge in [0.05, 0.1) is 27.4 Å². The van der Waals surface area contributed by atoms with E-state index in [1.807, 2.05) is 30.3 Å². The van der Waals surface area contributed by atoms with E-state index in [1.54, 1.807) is 31.2 Å². The third-order valence-corrected chi connectivity index (χ3v) is 4.39. The first-order valence-corrected chi connectivity index (χ1v) is 7.55. The summed E-state index contributed by atoms with van der Waals surface area (Å²) in [5, 5.41) is 9.52. The summed E-state index contributed by atoms with van der Waals surface area (Å²) in [5.41, 5.74) is 1.84. The fourth-order valence-electron chi connectivity index (χ4n) is 2.02. The van der Waals surface area contributed by atoms with E-state index in [0.29, 0.717) is 11.1 Å². The lowest BCUT2D eigenvalue weighted by Gasteiger charge is -2.10. The fourth-order valence-corrected chi connectivity index (χ4v) is 2.97. The Labute approximate surface area is 131 Å². The maximum atomic E-state index is 12.1. The number of esters is 1. The summed E-state index contributed by atoms with van der Waals surface area (Å²) in [6, 6.07) is 16.2. The Morgan fingerprint density at radius 1 is 1.23 bits per heavy atom. The Bertz CT molecular complexity index is 829. The summed E-state index contributed by atoms with van der Waals surface area (Å²) in [6.07, 6.45) is -0.416. The molecule has 0 aliphatic carbocycles. The summed E-state index contributed by atoms with van der Waals surface area (Å²) in [7, 11) is 0. The average Bonchev–Trinajstić information content (AvgIpc) is 2.99. The quantitative estimate of drug-likeness (QED) is 0.684. The van der Waals surface area contributed by atoms with Gasteiger partial charge in [-0.15, -0.1) is 11.3 Å². The fraction of sp³-hybridized carbons (Fsp3) is 0.118. The van der Waals surface area contributed by atoms with Crippen LogP contribution in [0.15, 0.2) is 48.5 Å². The number of nitriles is 1. The molecule has 0 saturated carbocycles. The van der Waals surface area contributed by atoms with Crippen LogP contribution in [0, 0.1) is 11.3 Å². The first kappa shape index (κ1) is 14.2. The molecule has 0 spiro atoms. The first-order valence-electron chi connectivity index (χ1n) is 6.74. The molecule has 0 N–H and O–H groups in total. The Kier molecular flexibility index (Phi) is 3.86. The summed E-state index contributed by atoms with van der Waals surface area (Å²) in [6.45, 7) is 1.80. The number of carbonyl (C=O) groups is 1. The molecule has 0 aliphatic heterocycles. The normalized spacial score (nSPS) is 11.8. The molecule has 3 rings (SSSR count). The lowest BCUT2D eigenvalue weighted by molar-refractivity contribution is 0.0338. The largest absolute Gasteiger partial charge is 0.452 e. The molecule has 22 heavy (non-hydrogen) atoms. The molecule has 0 aliphatic rings. The molecule has 0 amide bonds. The SMILES string of the molecule is C[C@H](OC(=O)c1ccc(C#N)cc1)c1nc2ccccc2s1. The molecular weight excluding hydrogens is 296 g/mol. The van der Waals surface area contributed by atoms with Crippen LogP contribution in [0.25, 0.3) is 10.2 Å². The summed E-state index contributed by atoms with van der Waals surface area (Å²) < 4.78 is 6.52. The monoisotopic (exact) mass is 308 g/mol. The summed E-state index contributed by atoms with van der Waals surface area (Å²) >= 11 is 1.52. The van der Waals surface area contributed by atoms with Gasteiger partial charge in [-0.1, -0.05) is 12.1 Å². The Morgan fingerprint density at radius 2 is 1.95 bits per heavy atom. The molecule has 1 aromatic heterocycles. The maximum Gasteiger partial charge on any atom is 0.338 e. The molecular formula is C17H12N2O2S. The van der Waals surface area contributed by atoms with Crippen LogP contribution in [0.1, 0.15) is 34.0 Å². The van der Waals surface area contributed by atoms with E-state index in [1.165, 1.54) is 11.3 Å². The number of ether oxygens (including phenoxy) is 1. The van der Waals surface area contributed by atoms with Crippen LogP contribution in [0.2, 0.25) is 0 Å². The average molecular weight is 308 g/mol. The minimum absolute atomic E-state index is 0.416. The number of aromatic nitrogens is 1. The Hall–Kier alpha value is -2.71. The van der Waals surface area contributed by atoms with Crippen molar-refractivity contribution >= 4 is 27.5 Å². The standard InChI is InChI=1S/C17H12N2O2S/c1-11(16-19-14-4-2-3-5-15(14)22-16)21-17(20)13-8-6-12(10-18)7-9-13/h2-9,11H,1H3/t11-/m0/s1. The predicted octanol–water partition coefficient (Wildman–Crippen LogP) is 4.09. The van der Waals surface area contributed by atoms with Crippen LogP contribution in [-0.2, 0) is 4.74 Å². The molecule has 1 atom stereocenters. The zero-order chi connectivity index (χ0) is 15.5. The third kappa shape index (κ3) is 2.83. The van der Waals surface area contributed by atoms with Crippen LogP contribution < -0.4 is 0 Å². The first-order chi connectivity index (χ1) is 10.7. The van der Waals surface area contributed by atoms with Gasteiger partial charge in [0.2, 0.25) is 0 Å².